The Hall–Kier alpha value is -0.835. The Morgan fingerprint density at radius 1 is 1.22 bits per heavy atom. The highest BCUT2D eigenvalue weighted by Gasteiger charge is 2.24. The molecule has 3 nitrogen and oxygen atoms in total. The van der Waals surface area contributed by atoms with Gasteiger partial charge in [0.15, 0.2) is 0 Å². The van der Waals surface area contributed by atoms with Crippen LogP contribution in [0.5, 0.6) is 0 Å². The standard InChI is InChI=1S/C14H22BNO2/c1-11-5-3-6-12(2)16(11)10-13-7-4-8-14(9-13)15(17)18/h4,7-9,11-12,17-18H,3,5-6,10H2,1-2H3/t11-,12+. The van der Waals surface area contributed by atoms with Crippen LogP contribution in [0.15, 0.2) is 24.3 Å². The number of nitrogens with zero attached hydrogens (tertiary/aromatic N) is 1. The highest BCUT2D eigenvalue weighted by atomic mass is 16.4. The van der Waals surface area contributed by atoms with Crippen molar-refractivity contribution in [1.82, 2.24) is 4.90 Å². The van der Waals surface area contributed by atoms with Gasteiger partial charge in [-0.15, -0.1) is 0 Å². The van der Waals surface area contributed by atoms with Crippen LogP contribution in [0.4, 0.5) is 0 Å². The lowest BCUT2D eigenvalue weighted by molar-refractivity contribution is 0.0953. The lowest BCUT2D eigenvalue weighted by Crippen LogP contribution is -2.43. The predicted molar refractivity (Wildman–Crippen MR) is 74.6 cm³/mol. The summed E-state index contributed by atoms with van der Waals surface area (Å²) in [5.74, 6) is 0. The summed E-state index contributed by atoms with van der Waals surface area (Å²) in [5.41, 5.74) is 1.73. The van der Waals surface area contributed by atoms with Crippen molar-refractivity contribution in [3.05, 3.63) is 29.8 Å². The third-order valence-corrected chi connectivity index (χ3v) is 3.99. The normalized spacial score (nSPS) is 25.1. The molecule has 4 heteroatoms. The molecular formula is C14H22BNO2. The Bertz CT molecular complexity index is 387. The predicted octanol–water partition coefficient (Wildman–Crippen LogP) is 1.13. The van der Waals surface area contributed by atoms with E-state index in [1.807, 2.05) is 12.1 Å². The maximum absolute atomic E-state index is 9.20. The second kappa shape index (κ2) is 5.87. The average molecular weight is 247 g/mol. The molecule has 0 radical (unpaired) electrons. The number of likely N-dealkylation sites (tertiary alicyclic amines) is 1. The fourth-order valence-electron chi connectivity index (χ4n) is 2.85. The first-order chi connectivity index (χ1) is 8.58. The third-order valence-electron chi connectivity index (χ3n) is 3.99. The largest absolute Gasteiger partial charge is 0.488 e. The summed E-state index contributed by atoms with van der Waals surface area (Å²) in [6.07, 6.45) is 3.83. The van der Waals surface area contributed by atoms with Gasteiger partial charge < -0.3 is 10.0 Å². The number of rotatable bonds is 3. The van der Waals surface area contributed by atoms with Gasteiger partial charge in [-0.3, -0.25) is 4.90 Å². The average Bonchev–Trinajstić information content (AvgIpc) is 2.34. The molecule has 0 amide bonds. The molecule has 1 heterocycles. The van der Waals surface area contributed by atoms with Gasteiger partial charge in [-0.2, -0.15) is 0 Å². The second-order valence-corrected chi connectivity index (χ2v) is 5.42. The molecule has 2 N–H and O–H groups in total. The Morgan fingerprint density at radius 3 is 2.50 bits per heavy atom. The Balaban J connectivity index is 2.10. The van der Waals surface area contributed by atoms with Crippen LogP contribution in [-0.4, -0.2) is 34.2 Å². The molecule has 0 unspecified atom stereocenters. The molecular weight excluding hydrogens is 225 g/mol. The molecule has 0 bridgehead atoms. The zero-order valence-electron chi connectivity index (χ0n) is 11.2. The Morgan fingerprint density at radius 2 is 1.89 bits per heavy atom. The summed E-state index contributed by atoms with van der Waals surface area (Å²) in [6, 6.07) is 8.80. The van der Waals surface area contributed by atoms with Crippen LogP contribution in [0.2, 0.25) is 0 Å². The third kappa shape index (κ3) is 3.13. The summed E-state index contributed by atoms with van der Waals surface area (Å²) >= 11 is 0. The van der Waals surface area contributed by atoms with E-state index in [2.05, 4.69) is 24.8 Å². The molecule has 1 aromatic rings. The highest BCUT2D eigenvalue weighted by molar-refractivity contribution is 6.58. The first-order valence-electron chi connectivity index (χ1n) is 6.78. The summed E-state index contributed by atoms with van der Waals surface area (Å²) in [5, 5.41) is 18.4. The van der Waals surface area contributed by atoms with E-state index < -0.39 is 7.12 Å². The summed E-state index contributed by atoms with van der Waals surface area (Å²) in [7, 11) is -1.37. The summed E-state index contributed by atoms with van der Waals surface area (Å²) in [4.78, 5) is 2.51. The Kier molecular flexibility index (Phi) is 4.43. The molecule has 1 aromatic carbocycles. The smallest absolute Gasteiger partial charge is 0.423 e. The minimum Gasteiger partial charge on any atom is -0.423 e. The molecule has 0 aromatic heterocycles. The maximum atomic E-state index is 9.20. The zero-order valence-corrected chi connectivity index (χ0v) is 11.2. The van der Waals surface area contributed by atoms with E-state index in [0.717, 1.165) is 12.1 Å². The van der Waals surface area contributed by atoms with Crippen LogP contribution in [0.25, 0.3) is 0 Å². The molecule has 0 spiro atoms. The van der Waals surface area contributed by atoms with Crippen LogP contribution >= 0.6 is 0 Å². The molecule has 1 fully saturated rings. The molecule has 1 saturated heterocycles. The second-order valence-electron chi connectivity index (χ2n) is 5.42. The maximum Gasteiger partial charge on any atom is 0.488 e. The minimum absolute atomic E-state index is 0.574. The van der Waals surface area contributed by atoms with Gasteiger partial charge in [-0.1, -0.05) is 30.7 Å². The van der Waals surface area contributed by atoms with Crippen molar-refractivity contribution in [2.24, 2.45) is 0 Å². The number of hydrogen-bond donors (Lipinski definition) is 2. The van der Waals surface area contributed by atoms with Crippen molar-refractivity contribution >= 4 is 12.6 Å². The fraction of sp³-hybridized carbons (Fsp3) is 0.571. The first kappa shape index (κ1) is 13.6. The van der Waals surface area contributed by atoms with E-state index in [1.54, 1.807) is 6.07 Å². The number of benzene rings is 1. The zero-order chi connectivity index (χ0) is 13.1. The lowest BCUT2D eigenvalue weighted by atomic mass is 9.79. The highest BCUT2D eigenvalue weighted by Crippen LogP contribution is 2.24. The molecule has 2 atom stereocenters. The van der Waals surface area contributed by atoms with Crippen molar-refractivity contribution in [2.75, 3.05) is 0 Å². The van der Waals surface area contributed by atoms with E-state index in [-0.39, 0.29) is 0 Å². The van der Waals surface area contributed by atoms with E-state index in [0.29, 0.717) is 17.5 Å². The summed E-state index contributed by atoms with van der Waals surface area (Å²) in [6.45, 7) is 5.45. The van der Waals surface area contributed by atoms with Crippen LogP contribution < -0.4 is 5.46 Å². The van der Waals surface area contributed by atoms with Crippen molar-refractivity contribution in [3.63, 3.8) is 0 Å². The lowest BCUT2D eigenvalue weighted by Gasteiger charge is -2.39. The molecule has 1 aliphatic rings. The quantitative estimate of drug-likeness (QED) is 0.787. The van der Waals surface area contributed by atoms with Crippen LogP contribution in [0, 0.1) is 0 Å². The van der Waals surface area contributed by atoms with Crippen molar-refractivity contribution in [1.29, 1.82) is 0 Å². The fourth-order valence-corrected chi connectivity index (χ4v) is 2.85. The molecule has 0 saturated carbocycles. The molecule has 1 aliphatic heterocycles. The SMILES string of the molecule is C[C@@H]1CCC[C@H](C)N1Cc1cccc(B(O)O)c1. The van der Waals surface area contributed by atoms with Gasteiger partial charge in [0.2, 0.25) is 0 Å². The van der Waals surface area contributed by atoms with E-state index in [9.17, 15) is 10.0 Å². The van der Waals surface area contributed by atoms with Gasteiger partial charge in [-0.25, -0.2) is 0 Å². The van der Waals surface area contributed by atoms with Crippen LogP contribution in [0.3, 0.4) is 0 Å². The monoisotopic (exact) mass is 247 g/mol. The number of hydrogen-bond acceptors (Lipinski definition) is 3. The Labute approximate surface area is 110 Å². The topological polar surface area (TPSA) is 43.7 Å². The molecule has 2 rings (SSSR count). The van der Waals surface area contributed by atoms with Crippen molar-refractivity contribution in [2.45, 2.75) is 51.7 Å². The summed E-state index contributed by atoms with van der Waals surface area (Å²) < 4.78 is 0. The van der Waals surface area contributed by atoms with Crippen LogP contribution in [0.1, 0.15) is 38.7 Å². The minimum atomic E-state index is -1.37. The van der Waals surface area contributed by atoms with E-state index in [4.69, 9.17) is 0 Å². The van der Waals surface area contributed by atoms with Crippen molar-refractivity contribution in [3.8, 4) is 0 Å². The van der Waals surface area contributed by atoms with Gasteiger partial charge >= 0.3 is 7.12 Å². The number of piperidine rings is 1. The molecule has 0 aliphatic carbocycles. The van der Waals surface area contributed by atoms with Gasteiger partial charge in [0.1, 0.15) is 0 Å². The molecule has 98 valence electrons. The van der Waals surface area contributed by atoms with Gasteiger partial charge in [0.05, 0.1) is 0 Å². The molecule has 18 heavy (non-hydrogen) atoms. The van der Waals surface area contributed by atoms with Gasteiger partial charge in [0.25, 0.3) is 0 Å². The van der Waals surface area contributed by atoms with Gasteiger partial charge in [-0.05, 0) is 37.7 Å². The van der Waals surface area contributed by atoms with Crippen molar-refractivity contribution < 1.29 is 10.0 Å². The van der Waals surface area contributed by atoms with E-state index >= 15 is 0 Å². The van der Waals surface area contributed by atoms with Crippen LogP contribution in [-0.2, 0) is 6.54 Å². The van der Waals surface area contributed by atoms with E-state index in [1.165, 1.54) is 19.3 Å². The first-order valence-corrected chi connectivity index (χ1v) is 6.78. The van der Waals surface area contributed by atoms with Gasteiger partial charge in [0, 0.05) is 18.6 Å².